The van der Waals surface area contributed by atoms with Gasteiger partial charge in [0.05, 0.1) is 12.5 Å². The van der Waals surface area contributed by atoms with E-state index >= 15 is 0 Å². The van der Waals surface area contributed by atoms with Crippen molar-refractivity contribution in [3.63, 3.8) is 0 Å². The molecule has 0 aliphatic carbocycles. The van der Waals surface area contributed by atoms with E-state index in [1.54, 1.807) is 12.1 Å². The first-order chi connectivity index (χ1) is 12.5. The minimum atomic E-state index is -2.53. The Morgan fingerprint density at radius 2 is 2.08 bits per heavy atom. The van der Waals surface area contributed by atoms with Crippen molar-refractivity contribution < 1.29 is 18.6 Å². The average Bonchev–Trinajstić information content (AvgIpc) is 3.03. The molecule has 1 aliphatic rings. The predicted molar refractivity (Wildman–Crippen MR) is 94.5 cm³/mol. The summed E-state index contributed by atoms with van der Waals surface area (Å²) in [4.78, 5) is 5.39. The van der Waals surface area contributed by atoms with Crippen LogP contribution in [0.4, 0.5) is 8.78 Å². The minimum Gasteiger partial charge on any atom is -0.487 e. The summed E-state index contributed by atoms with van der Waals surface area (Å²) in [5, 5.41) is 19.6. The van der Waals surface area contributed by atoms with E-state index in [1.165, 1.54) is 0 Å². The Kier molecular flexibility index (Phi) is 5.74. The van der Waals surface area contributed by atoms with Crippen LogP contribution in [0.3, 0.4) is 0 Å². The second-order valence-electron chi connectivity index (χ2n) is 6.86. The Balaban J connectivity index is 1.96. The van der Waals surface area contributed by atoms with Crippen LogP contribution in [-0.4, -0.2) is 48.2 Å². The van der Waals surface area contributed by atoms with Crippen molar-refractivity contribution in [2.24, 2.45) is 0 Å². The highest BCUT2D eigenvalue weighted by molar-refractivity contribution is 5.83. The van der Waals surface area contributed by atoms with Crippen molar-refractivity contribution in [3.8, 4) is 11.8 Å². The molecule has 2 heterocycles. The molecular weight excluding hydrogens is 340 g/mol. The standard InChI is InChI=1S/C19H23F2N3O2/c1-24-6-3-12(4-7-24)14-10-15-13(9-18(14)26-11-19(20)21)8-16(23-15)17(25)2-5-22/h8-10,12,17,19,23,25H,2-4,6-7,11H2,1H3. The topological polar surface area (TPSA) is 72.3 Å². The molecule has 0 radical (unpaired) electrons. The summed E-state index contributed by atoms with van der Waals surface area (Å²) >= 11 is 0. The number of benzene rings is 1. The van der Waals surface area contributed by atoms with Crippen LogP contribution in [0.1, 0.15) is 42.5 Å². The summed E-state index contributed by atoms with van der Waals surface area (Å²) in [5.41, 5.74) is 2.28. The summed E-state index contributed by atoms with van der Waals surface area (Å²) in [6, 6.07) is 7.37. The minimum absolute atomic E-state index is 0.0105. The van der Waals surface area contributed by atoms with Crippen molar-refractivity contribution in [2.45, 2.75) is 37.7 Å². The molecule has 3 rings (SSSR count). The molecule has 1 aromatic heterocycles. The van der Waals surface area contributed by atoms with E-state index in [-0.39, 0.29) is 12.3 Å². The lowest BCUT2D eigenvalue weighted by molar-refractivity contribution is 0.0810. The number of nitrogens with zero attached hydrogens (tertiary/aromatic N) is 2. The second-order valence-corrected chi connectivity index (χ2v) is 6.86. The van der Waals surface area contributed by atoms with Crippen molar-refractivity contribution in [3.05, 3.63) is 29.5 Å². The molecule has 140 valence electrons. The molecular formula is C19H23F2N3O2. The van der Waals surface area contributed by atoms with Gasteiger partial charge >= 0.3 is 0 Å². The predicted octanol–water partition coefficient (Wildman–Crippen LogP) is 3.57. The van der Waals surface area contributed by atoms with Gasteiger partial charge in [-0.25, -0.2) is 8.78 Å². The molecule has 1 unspecified atom stereocenters. The Bertz CT molecular complexity index is 792. The first-order valence-corrected chi connectivity index (χ1v) is 8.79. The van der Waals surface area contributed by atoms with Gasteiger partial charge < -0.3 is 19.7 Å². The molecule has 1 saturated heterocycles. The second kappa shape index (κ2) is 8.02. The van der Waals surface area contributed by atoms with Gasteiger partial charge in [-0.15, -0.1) is 0 Å². The van der Waals surface area contributed by atoms with Gasteiger partial charge in [-0.1, -0.05) is 0 Å². The van der Waals surface area contributed by atoms with Crippen molar-refractivity contribution in [1.82, 2.24) is 9.88 Å². The highest BCUT2D eigenvalue weighted by Gasteiger charge is 2.23. The third-order valence-electron chi connectivity index (χ3n) is 4.94. The number of H-pyrrole nitrogens is 1. The SMILES string of the molecule is CN1CCC(c2cc3[nH]c(C(O)CC#N)cc3cc2OCC(F)F)CC1. The number of piperidine rings is 1. The van der Waals surface area contributed by atoms with Crippen molar-refractivity contribution >= 4 is 10.9 Å². The number of likely N-dealkylation sites (tertiary alicyclic amines) is 1. The van der Waals surface area contributed by atoms with Crippen molar-refractivity contribution in [2.75, 3.05) is 26.7 Å². The van der Waals surface area contributed by atoms with Crippen LogP contribution in [0, 0.1) is 11.3 Å². The van der Waals surface area contributed by atoms with E-state index in [1.807, 2.05) is 12.1 Å². The molecule has 0 amide bonds. The summed E-state index contributed by atoms with van der Waals surface area (Å²) < 4.78 is 30.7. The van der Waals surface area contributed by atoms with E-state index < -0.39 is 19.1 Å². The van der Waals surface area contributed by atoms with Crippen LogP contribution in [0.15, 0.2) is 18.2 Å². The van der Waals surface area contributed by atoms with Gasteiger partial charge in [-0.3, -0.25) is 0 Å². The first kappa shape index (κ1) is 18.6. The van der Waals surface area contributed by atoms with Gasteiger partial charge in [0.15, 0.2) is 0 Å². The molecule has 2 N–H and O–H groups in total. The number of hydrogen-bond acceptors (Lipinski definition) is 4. The van der Waals surface area contributed by atoms with E-state index in [4.69, 9.17) is 10.00 Å². The number of nitriles is 1. The van der Waals surface area contributed by atoms with Crippen LogP contribution >= 0.6 is 0 Å². The zero-order valence-electron chi connectivity index (χ0n) is 14.7. The number of hydrogen-bond donors (Lipinski definition) is 2. The summed E-state index contributed by atoms with van der Waals surface area (Å²) in [7, 11) is 2.07. The molecule has 1 aromatic carbocycles. The third kappa shape index (κ3) is 4.14. The number of aromatic amines is 1. The fraction of sp³-hybridized carbons (Fsp3) is 0.526. The highest BCUT2D eigenvalue weighted by atomic mass is 19.3. The first-order valence-electron chi connectivity index (χ1n) is 8.79. The highest BCUT2D eigenvalue weighted by Crippen LogP contribution is 2.37. The summed E-state index contributed by atoms with van der Waals surface area (Å²) in [6.07, 6.45) is -1.56. The Hall–Kier alpha value is -2.17. The van der Waals surface area contributed by atoms with Gasteiger partial charge in [0.2, 0.25) is 0 Å². The smallest absolute Gasteiger partial charge is 0.272 e. The van der Waals surface area contributed by atoms with Crippen LogP contribution in [0.2, 0.25) is 0 Å². The lowest BCUT2D eigenvalue weighted by atomic mass is 9.88. The number of rotatable bonds is 6. The van der Waals surface area contributed by atoms with E-state index in [2.05, 4.69) is 16.9 Å². The fourth-order valence-corrected chi connectivity index (χ4v) is 3.49. The largest absolute Gasteiger partial charge is 0.487 e. The number of nitrogens with one attached hydrogen (secondary N) is 1. The molecule has 1 aliphatic heterocycles. The Labute approximate surface area is 151 Å². The normalized spacial score (nSPS) is 17.5. The van der Waals surface area contributed by atoms with Gasteiger partial charge in [0, 0.05) is 16.6 Å². The number of fused-ring (bicyclic) bond motifs is 1. The van der Waals surface area contributed by atoms with E-state index in [9.17, 15) is 13.9 Å². The zero-order valence-corrected chi connectivity index (χ0v) is 14.7. The molecule has 0 spiro atoms. The number of ether oxygens (including phenoxy) is 1. The number of alkyl halides is 2. The molecule has 2 aromatic rings. The van der Waals surface area contributed by atoms with Crippen LogP contribution in [0.25, 0.3) is 10.9 Å². The van der Waals surface area contributed by atoms with Crippen LogP contribution < -0.4 is 4.74 Å². The summed E-state index contributed by atoms with van der Waals surface area (Å²) in [5.74, 6) is 0.728. The van der Waals surface area contributed by atoms with Crippen LogP contribution in [0.5, 0.6) is 5.75 Å². The molecule has 7 heteroatoms. The average molecular weight is 363 g/mol. The lowest BCUT2D eigenvalue weighted by Crippen LogP contribution is -2.29. The van der Waals surface area contributed by atoms with Crippen molar-refractivity contribution in [1.29, 1.82) is 5.26 Å². The van der Waals surface area contributed by atoms with E-state index in [0.29, 0.717) is 11.4 Å². The molecule has 1 atom stereocenters. The number of aliphatic hydroxyl groups is 1. The maximum absolute atomic E-state index is 12.7. The molecule has 1 fully saturated rings. The molecule has 0 saturated carbocycles. The Morgan fingerprint density at radius 1 is 1.35 bits per heavy atom. The number of halogens is 2. The molecule has 0 bridgehead atoms. The summed E-state index contributed by atoms with van der Waals surface area (Å²) in [6.45, 7) is 1.27. The van der Waals surface area contributed by atoms with Crippen LogP contribution in [-0.2, 0) is 0 Å². The maximum atomic E-state index is 12.7. The zero-order chi connectivity index (χ0) is 18.7. The van der Waals surface area contributed by atoms with Gasteiger partial charge in [-0.2, -0.15) is 5.26 Å². The van der Waals surface area contributed by atoms with E-state index in [0.717, 1.165) is 42.4 Å². The molecule has 26 heavy (non-hydrogen) atoms. The monoisotopic (exact) mass is 363 g/mol. The lowest BCUT2D eigenvalue weighted by Gasteiger charge is -2.30. The van der Waals surface area contributed by atoms with Gasteiger partial charge in [0.1, 0.15) is 18.5 Å². The fourth-order valence-electron chi connectivity index (χ4n) is 3.49. The quantitative estimate of drug-likeness (QED) is 0.823. The molecule has 5 nitrogen and oxygen atoms in total. The maximum Gasteiger partial charge on any atom is 0.272 e. The van der Waals surface area contributed by atoms with Gasteiger partial charge in [0.25, 0.3) is 6.43 Å². The third-order valence-corrected chi connectivity index (χ3v) is 4.94. The van der Waals surface area contributed by atoms with Gasteiger partial charge in [-0.05, 0) is 62.7 Å². The number of aromatic nitrogens is 1. The Morgan fingerprint density at radius 3 is 2.73 bits per heavy atom. The number of aliphatic hydroxyl groups excluding tert-OH is 1.